The molecule has 0 aliphatic heterocycles. The lowest BCUT2D eigenvalue weighted by molar-refractivity contribution is 1.16. The summed E-state index contributed by atoms with van der Waals surface area (Å²) in [4.78, 5) is 0. The molecule has 0 aliphatic carbocycles. The van der Waals surface area contributed by atoms with Gasteiger partial charge in [-0.15, -0.1) is 11.3 Å². The largest absolute Gasteiger partial charge is 0.309 e. The lowest BCUT2D eigenvalue weighted by Crippen LogP contribution is -1.95. The first-order chi connectivity index (χ1) is 25.3. The van der Waals surface area contributed by atoms with Crippen molar-refractivity contribution in [2.24, 2.45) is 0 Å². The van der Waals surface area contributed by atoms with Crippen LogP contribution in [0.1, 0.15) is 0 Å². The van der Waals surface area contributed by atoms with Crippen LogP contribution in [0.25, 0.3) is 97.4 Å². The second kappa shape index (κ2) is 11.0. The first-order valence-electron chi connectivity index (χ1n) is 17.4. The molecular formula is C48H30N2S. The van der Waals surface area contributed by atoms with Gasteiger partial charge in [0.2, 0.25) is 0 Å². The highest BCUT2D eigenvalue weighted by atomic mass is 32.1. The number of fused-ring (bicyclic) bond motifs is 9. The number of hydrogen-bond donors (Lipinski definition) is 0. The highest BCUT2D eigenvalue weighted by molar-refractivity contribution is 7.26. The van der Waals surface area contributed by atoms with Crippen LogP contribution < -0.4 is 0 Å². The molecule has 0 amide bonds. The number of para-hydroxylation sites is 3. The molecule has 0 saturated carbocycles. The molecular weight excluding hydrogens is 637 g/mol. The quantitative estimate of drug-likeness (QED) is 0.177. The van der Waals surface area contributed by atoms with Crippen molar-refractivity contribution in [3.05, 3.63) is 182 Å². The minimum Gasteiger partial charge on any atom is -0.309 e. The van der Waals surface area contributed by atoms with Gasteiger partial charge in [-0.25, -0.2) is 0 Å². The molecule has 11 rings (SSSR count). The van der Waals surface area contributed by atoms with Gasteiger partial charge in [0, 0.05) is 53.1 Å². The molecule has 0 spiro atoms. The zero-order chi connectivity index (χ0) is 33.5. The Hall–Kier alpha value is -6.42. The van der Waals surface area contributed by atoms with E-state index in [9.17, 15) is 0 Å². The Kier molecular flexibility index (Phi) is 6.16. The van der Waals surface area contributed by atoms with Gasteiger partial charge in [0.15, 0.2) is 0 Å². The fourth-order valence-corrected chi connectivity index (χ4v) is 9.62. The van der Waals surface area contributed by atoms with E-state index in [1.807, 2.05) is 11.3 Å². The van der Waals surface area contributed by atoms with Crippen LogP contribution >= 0.6 is 11.3 Å². The highest BCUT2D eigenvalue weighted by Crippen LogP contribution is 2.44. The molecule has 0 unspecified atom stereocenters. The van der Waals surface area contributed by atoms with Gasteiger partial charge in [0.05, 0.1) is 22.1 Å². The predicted molar refractivity (Wildman–Crippen MR) is 219 cm³/mol. The van der Waals surface area contributed by atoms with Crippen molar-refractivity contribution in [3.8, 4) is 33.6 Å². The molecule has 8 aromatic carbocycles. The number of aromatic nitrogens is 2. The highest BCUT2D eigenvalue weighted by Gasteiger charge is 2.19. The average Bonchev–Trinajstić information content (AvgIpc) is 3.85. The van der Waals surface area contributed by atoms with E-state index in [0.29, 0.717) is 0 Å². The number of thiophene rings is 1. The molecule has 0 atom stereocenters. The van der Waals surface area contributed by atoms with Gasteiger partial charge < -0.3 is 9.13 Å². The van der Waals surface area contributed by atoms with E-state index in [1.54, 1.807) is 0 Å². The van der Waals surface area contributed by atoms with Gasteiger partial charge in [-0.1, -0.05) is 133 Å². The Labute approximate surface area is 298 Å². The molecule has 238 valence electrons. The van der Waals surface area contributed by atoms with Crippen molar-refractivity contribution in [2.45, 2.75) is 0 Å². The third-order valence-electron chi connectivity index (χ3n) is 10.5. The van der Waals surface area contributed by atoms with E-state index < -0.39 is 0 Å². The van der Waals surface area contributed by atoms with Crippen LogP contribution in [0.4, 0.5) is 0 Å². The smallest absolute Gasteiger partial charge is 0.0562 e. The van der Waals surface area contributed by atoms with Crippen LogP contribution in [0.2, 0.25) is 0 Å². The predicted octanol–water partition coefficient (Wildman–Crippen LogP) is 13.6. The van der Waals surface area contributed by atoms with Crippen LogP contribution in [-0.4, -0.2) is 9.13 Å². The van der Waals surface area contributed by atoms with Crippen molar-refractivity contribution < 1.29 is 0 Å². The molecule has 0 fully saturated rings. The number of hydrogen-bond acceptors (Lipinski definition) is 1. The maximum atomic E-state index is 2.44. The van der Waals surface area contributed by atoms with Gasteiger partial charge in [-0.05, 0) is 70.8 Å². The van der Waals surface area contributed by atoms with Crippen LogP contribution in [0, 0.1) is 0 Å². The lowest BCUT2D eigenvalue weighted by Gasteiger charge is -2.11. The molecule has 3 heterocycles. The summed E-state index contributed by atoms with van der Waals surface area (Å²) in [6, 6.07) is 66.5. The molecule has 0 bridgehead atoms. The third kappa shape index (κ3) is 4.22. The van der Waals surface area contributed by atoms with Crippen molar-refractivity contribution in [3.63, 3.8) is 0 Å². The number of nitrogens with zero attached hydrogens (tertiary/aromatic N) is 2. The molecule has 51 heavy (non-hydrogen) atoms. The third-order valence-corrected chi connectivity index (χ3v) is 11.8. The van der Waals surface area contributed by atoms with E-state index in [4.69, 9.17) is 0 Å². The van der Waals surface area contributed by atoms with Crippen molar-refractivity contribution in [1.29, 1.82) is 0 Å². The Morgan fingerprint density at radius 2 is 0.745 bits per heavy atom. The Morgan fingerprint density at radius 1 is 0.294 bits per heavy atom. The Bertz CT molecular complexity index is 3110. The maximum absolute atomic E-state index is 2.44. The molecule has 11 aromatic rings. The van der Waals surface area contributed by atoms with E-state index in [-0.39, 0.29) is 0 Å². The van der Waals surface area contributed by atoms with Crippen molar-refractivity contribution >= 4 is 75.1 Å². The van der Waals surface area contributed by atoms with Gasteiger partial charge in [0.1, 0.15) is 0 Å². The molecule has 0 radical (unpaired) electrons. The van der Waals surface area contributed by atoms with E-state index >= 15 is 0 Å². The zero-order valence-electron chi connectivity index (χ0n) is 27.6. The Morgan fingerprint density at radius 3 is 1.31 bits per heavy atom. The minimum absolute atomic E-state index is 1.15. The van der Waals surface area contributed by atoms with Gasteiger partial charge >= 0.3 is 0 Å². The van der Waals surface area contributed by atoms with Crippen LogP contribution in [0.3, 0.4) is 0 Å². The number of rotatable bonds is 4. The monoisotopic (exact) mass is 666 g/mol. The van der Waals surface area contributed by atoms with Gasteiger partial charge in [0.25, 0.3) is 0 Å². The molecule has 0 saturated heterocycles. The van der Waals surface area contributed by atoms with Crippen LogP contribution in [-0.2, 0) is 0 Å². The maximum Gasteiger partial charge on any atom is 0.0562 e. The summed E-state index contributed by atoms with van der Waals surface area (Å²) in [6.45, 7) is 0. The first kappa shape index (κ1) is 28.4. The topological polar surface area (TPSA) is 9.86 Å². The summed E-state index contributed by atoms with van der Waals surface area (Å²) < 4.78 is 7.51. The minimum atomic E-state index is 1.15. The van der Waals surface area contributed by atoms with E-state index in [1.165, 1.54) is 91.7 Å². The summed E-state index contributed by atoms with van der Waals surface area (Å²) in [5.74, 6) is 0. The van der Waals surface area contributed by atoms with E-state index in [0.717, 1.165) is 5.69 Å². The van der Waals surface area contributed by atoms with E-state index in [2.05, 4.69) is 191 Å². The van der Waals surface area contributed by atoms with Gasteiger partial charge in [-0.3, -0.25) is 0 Å². The standard InChI is InChI=1S/C48H30N2S/c1-3-13-31(14-4-1)35-19-11-21-39-40-22-12-20-36(48(40)51-47(35)39)32-25-27-34(28-26-32)50-44-24-10-8-18-38(44)42-29-41-37-17-7-9-23-43(37)49(45(41)30-46(42)50)33-15-5-2-6-16-33/h1-30H. The van der Waals surface area contributed by atoms with Crippen LogP contribution in [0.15, 0.2) is 182 Å². The summed E-state index contributed by atoms with van der Waals surface area (Å²) in [6.07, 6.45) is 0. The second-order valence-corrected chi connectivity index (χ2v) is 14.3. The fraction of sp³-hybridized carbons (Fsp3) is 0. The average molecular weight is 667 g/mol. The molecule has 3 heteroatoms. The lowest BCUT2D eigenvalue weighted by atomic mass is 10.00. The summed E-state index contributed by atoms with van der Waals surface area (Å²) in [7, 11) is 0. The zero-order valence-corrected chi connectivity index (χ0v) is 28.4. The molecule has 0 aliphatic rings. The second-order valence-electron chi connectivity index (χ2n) is 13.3. The number of benzene rings is 8. The van der Waals surface area contributed by atoms with Crippen molar-refractivity contribution in [2.75, 3.05) is 0 Å². The summed E-state index contributed by atoms with van der Waals surface area (Å²) in [5.41, 5.74) is 12.2. The summed E-state index contributed by atoms with van der Waals surface area (Å²) >= 11 is 1.90. The molecule has 0 N–H and O–H groups in total. The molecule has 3 aromatic heterocycles. The first-order valence-corrected chi connectivity index (χ1v) is 18.3. The normalized spacial score (nSPS) is 11.9. The van der Waals surface area contributed by atoms with Crippen LogP contribution in [0.5, 0.6) is 0 Å². The van der Waals surface area contributed by atoms with Crippen molar-refractivity contribution in [1.82, 2.24) is 9.13 Å². The SMILES string of the molecule is c1ccc(-c2cccc3c2sc2c(-c4ccc(-n5c6ccccc6c6cc7c8ccccc8n(-c8ccccc8)c7cc65)cc4)cccc23)cc1. The fourth-order valence-electron chi connectivity index (χ4n) is 8.25. The van der Waals surface area contributed by atoms with Gasteiger partial charge in [-0.2, -0.15) is 0 Å². The summed E-state index contributed by atoms with van der Waals surface area (Å²) in [5, 5.41) is 7.70. The Balaban J connectivity index is 1.11. The molecule has 2 nitrogen and oxygen atoms in total.